The second-order valence-corrected chi connectivity index (χ2v) is 4.78. The van der Waals surface area contributed by atoms with Crippen LogP contribution in [0.5, 0.6) is 0 Å². The Morgan fingerprint density at radius 2 is 1.81 bits per heavy atom. The molecular formula is C11H21F3N2. The molecule has 1 fully saturated rings. The number of hydrogen-bond acceptors (Lipinski definition) is 2. The number of halogens is 3. The lowest BCUT2D eigenvalue weighted by Crippen LogP contribution is -2.44. The van der Waals surface area contributed by atoms with Crippen LogP contribution in [0.25, 0.3) is 0 Å². The predicted molar refractivity (Wildman–Crippen MR) is 57.5 cm³/mol. The molecule has 3 N–H and O–H groups in total. The average Bonchev–Trinajstić information content (AvgIpc) is 2.25. The van der Waals surface area contributed by atoms with Gasteiger partial charge in [0.2, 0.25) is 0 Å². The minimum Gasteiger partial charge on any atom is -0.271 e. The fourth-order valence-electron chi connectivity index (χ4n) is 2.61. The Balaban J connectivity index is 2.43. The maximum Gasteiger partial charge on any atom is 0.390 e. The van der Waals surface area contributed by atoms with E-state index in [2.05, 4.69) is 12.3 Å². The van der Waals surface area contributed by atoms with Gasteiger partial charge in [0.1, 0.15) is 0 Å². The molecule has 1 saturated carbocycles. The van der Waals surface area contributed by atoms with E-state index in [9.17, 15) is 13.2 Å². The van der Waals surface area contributed by atoms with Gasteiger partial charge in [-0.2, -0.15) is 13.2 Å². The van der Waals surface area contributed by atoms with E-state index in [1.54, 1.807) is 0 Å². The molecular weight excluding hydrogens is 217 g/mol. The number of nitrogens with one attached hydrogen (secondary N) is 1. The van der Waals surface area contributed by atoms with Gasteiger partial charge in [-0.3, -0.25) is 11.3 Å². The van der Waals surface area contributed by atoms with Crippen molar-refractivity contribution in [3.63, 3.8) is 0 Å². The van der Waals surface area contributed by atoms with Crippen molar-refractivity contribution in [3.05, 3.63) is 0 Å². The molecule has 0 aromatic rings. The van der Waals surface area contributed by atoms with E-state index < -0.39 is 18.6 Å². The van der Waals surface area contributed by atoms with Crippen molar-refractivity contribution in [2.24, 2.45) is 17.7 Å². The number of alkyl halides is 3. The molecule has 1 aliphatic rings. The zero-order valence-electron chi connectivity index (χ0n) is 9.69. The maximum absolute atomic E-state index is 12.3. The normalized spacial score (nSPS) is 29.1. The van der Waals surface area contributed by atoms with E-state index >= 15 is 0 Å². The lowest BCUT2D eigenvalue weighted by atomic mass is 9.77. The van der Waals surface area contributed by atoms with Gasteiger partial charge in [0, 0.05) is 6.04 Å². The van der Waals surface area contributed by atoms with Crippen LogP contribution >= 0.6 is 0 Å². The third-order valence-corrected chi connectivity index (χ3v) is 3.70. The highest BCUT2D eigenvalue weighted by molar-refractivity contribution is 4.82. The van der Waals surface area contributed by atoms with E-state index in [1.807, 2.05) is 0 Å². The standard InChI is InChI=1S/C11H21F3N2/c1-2-8-3-5-9(6-4-8)10(16-15)7-11(12,13)14/h8-10,16H,2-7,15H2,1H3. The van der Waals surface area contributed by atoms with Gasteiger partial charge in [-0.05, 0) is 24.7 Å². The third kappa shape index (κ3) is 4.29. The minimum absolute atomic E-state index is 0.0782. The molecule has 1 aliphatic carbocycles. The first-order chi connectivity index (χ1) is 7.46. The van der Waals surface area contributed by atoms with Crippen LogP contribution in [-0.4, -0.2) is 12.2 Å². The molecule has 0 radical (unpaired) electrons. The molecule has 2 nitrogen and oxygen atoms in total. The molecule has 0 aromatic heterocycles. The first-order valence-corrected chi connectivity index (χ1v) is 5.99. The van der Waals surface area contributed by atoms with Gasteiger partial charge in [0.15, 0.2) is 0 Å². The predicted octanol–water partition coefficient (Wildman–Crippen LogP) is 2.99. The number of rotatable bonds is 4. The Hall–Kier alpha value is -0.290. The summed E-state index contributed by atoms with van der Waals surface area (Å²) in [4.78, 5) is 0. The van der Waals surface area contributed by atoms with Crippen molar-refractivity contribution in [2.75, 3.05) is 0 Å². The fourth-order valence-corrected chi connectivity index (χ4v) is 2.61. The van der Waals surface area contributed by atoms with Gasteiger partial charge in [-0.25, -0.2) is 0 Å². The zero-order valence-corrected chi connectivity index (χ0v) is 9.69. The molecule has 0 aliphatic heterocycles. The maximum atomic E-state index is 12.3. The summed E-state index contributed by atoms with van der Waals surface area (Å²) in [7, 11) is 0. The van der Waals surface area contributed by atoms with Gasteiger partial charge >= 0.3 is 6.18 Å². The van der Waals surface area contributed by atoms with Crippen LogP contribution in [0, 0.1) is 11.8 Å². The van der Waals surface area contributed by atoms with Gasteiger partial charge in [-0.15, -0.1) is 0 Å². The van der Waals surface area contributed by atoms with Gasteiger partial charge in [0.25, 0.3) is 0 Å². The van der Waals surface area contributed by atoms with Crippen molar-refractivity contribution in [1.29, 1.82) is 0 Å². The molecule has 5 heteroatoms. The van der Waals surface area contributed by atoms with Crippen LogP contribution in [0.2, 0.25) is 0 Å². The van der Waals surface area contributed by atoms with Crippen LogP contribution < -0.4 is 11.3 Å². The molecule has 96 valence electrons. The van der Waals surface area contributed by atoms with Crippen LogP contribution in [0.15, 0.2) is 0 Å². The molecule has 0 aromatic carbocycles. The van der Waals surface area contributed by atoms with Crippen LogP contribution in [0.4, 0.5) is 13.2 Å². The Morgan fingerprint density at radius 1 is 1.25 bits per heavy atom. The molecule has 0 amide bonds. The first-order valence-electron chi connectivity index (χ1n) is 5.99. The Bertz CT molecular complexity index is 198. The van der Waals surface area contributed by atoms with Crippen molar-refractivity contribution < 1.29 is 13.2 Å². The zero-order chi connectivity index (χ0) is 12.2. The second-order valence-electron chi connectivity index (χ2n) is 4.78. The lowest BCUT2D eigenvalue weighted by molar-refractivity contribution is -0.144. The Labute approximate surface area is 94.7 Å². The van der Waals surface area contributed by atoms with Gasteiger partial charge < -0.3 is 0 Å². The summed E-state index contributed by atoms with van der Waals surface area (Å²) in [6.45, 7) is 2.14. The van der Waals surface area contributed by atoms with Gasteiger partial charge in [-0.1, -0.05) is 26.2 Å². The van der Waals surface area contributed by atoms with Crippen molar-refractivity contribution in [2.45, 2.75) is 57.7 Å². The SMILES string of the molecule is CCC1CCC(C(CC(F)(F)F)NN)CC1. The minimum atomic E-state index is -4.13. The molecule has 1 atom stereocenters. The first kappa shape index (κ1) is 13.8. The van der Waals surface area contributed by atoms with Crippen LogP contribution in [0.3, 0.4) is 0 Å². The summed E-state index contributed by atoms with van der Waals surface area (Å²) in [6, 6.07) is -0.613. The highest BCUT2D eigenvalue weighted by Crippen LogP contribution is 2.35. The second kappa shape index (κ2) is 5.87. The lowest BCUT2D eigenvalue weighted by Gasteiger charge is -2.33. The summed E-state index contributed by atoms with van der Waals surface area (Å²) in [6.07, 6.45) is -0.00236. The average molecular weight is 238 g/mol. The van der Waals surface area contributed by atoms with E-state index in [4.69, 9.17) is 5.84 Å². The molecule has 1 rings (SSSR count). The highest BCUT2D eigenvalue weighted by atomic mass is 19.4. The summed E-state index contributed by atoms with van der Waals surface area (Å²) in [5, 5.41) is 0. The van der Waals surface area contributed by atoms with Crippen LogP contribution in [0.1, 0.15) is 45.4 Å². The number of hydrogen-bond donors (Lipinski definition) is 2. The molecule has 16 heavy (non-hydrogen) atoms. The number of hydrazine groups is 1. The molecule has 0 saturated heterocycles. The van der Waals surface area contributed by atoms with Crippen LogP contribution in [-0.2, 0) is 0 Å². The summed E-state index contributed by atoms with van der Waals surface area (Å²) in [5.74, 6) is 6.00. The number of nitrogens with two attached hydrogens (primary N) is 1. The quantitative estimate of drug-likeness (QED) is 0.583. The Kier molecular flexibility index (Phi) is 5.05. The third-order valence-electron chi connectivity index (χ3n) is 3.70. The van der Waals surface area contributed by atoms with E-state index in [0.29, 0.717) is 5.92 Å². The fraction of sp³-hybridized carbons (Fsp3) is 1.00. The van der Waals surface area contributed by atoms with E-state index in [-0.39, 0.29) is 5.92 Å². The summed E-state index contributed by atoms with van der Waals surface area (Å²) >= 11 is 0. The molecule has 0 bridgehead atoms. The van der Waals surface area contributed by atoms with E-state index in [1.165, 1.54) is 0 Å². The smallest absolute Gasteiger partial charge is 0.271 e. The molecule has 0 spiro atoms. The summed E-state index contributed by atoms with van der Waals surface area (Å²) < 4.78 is 36.9. The molecule has 1 unspecified atom stereocenters. The van der Waals surface area contributed by atoms with Crippen molar-refractivity contribution >= 4 is 0 Å². The summed E-state index contributed by atoms with van der Waals surface area (Å²) in [5.41, 5.74) is 2.34. The van der Waals surface area contributed by atoms with Crippen molar-refractivity contribution in [3.8, 4) is 0 Å². The van der Waals surface area contributed by atoms with Crippen molar-refractivity contribution in [1.82, 2.24) is 5.43 Å². The monoisotopic (exact) mass is 238 g/mol. The Morgan fingerprint density at radius 3 is 2.19 bits per heavy atom. The van der Waals surface area contributed by atoms with Gasteiger partial charge in [0.05, 0.1) is 6.42 Å². The van der Waals surface area contributed by atoms with E-state index in [0.717, 1.165) is 32.1 Å². The largest absolute Gasteiger partial charge is 0.390 e. The molecule has 0 heterocycles. The highest BCUT2D eigenvalue weighted by Gasteiger charge is 2.36. The topological polar surface area (TPSA) is 38.0 Å².